The molecule has 0 aliphatic rings. The second-order valence-corrected chi connectivity index (χ2v) is 18.4. The molecule has 12 aromatic carbocycles. The predicted octanol–water partition coefficient (Wildman–Crippen LogP) is 18.6. The van der Waals surface area contributed by atoms with Crippen LogP contribution in [-0.4, -0.2) is 0 Å². The molecule has 76 heavy (non-hydrogen) atoms. The molecule has 12 rings (SSSR count). The second-order valence-electron chi connectivity index (χ2n) is 18.4. The third kappa shape index (κ3) is 8.12. The van der Waals surface area contributed by atoms with E-state index in [-0.39, 0.29) is 0 Å². The summed E-state index contributed by atoms with van der Waals surface area (Å²) < 4.78 is 35.7. The Balaban J connectivity index is 1.10. The van der Waals surface area contributed by atoms with Gasteiger partial charge in [-0.1, -0.05) is 133 Å². The lowest BCUT2D eigenvalue weighted by molar-refractivity contribution is 0.629. The molecule has 0 unspecified atom stereocenters. The van der Waals surface area contributed by atoms with Crippen molar-refractivity contribution in [1.29, 1.82) is 15.8 Å². The van der Waals surface area contributed by atoms with E-state index in [4.69, 9.17) is 6.57 Å². The van der Waals surface area contributed by atoms with Gasteiger partial charge >= 0.3 is 0 Å². The minimum Gasteiger partial charge on any atom is -0.307 e. The van der Waals surface area contributed by atoms with Crippen LogP contribution >= 0.6 is 0 Å². The number of halogens is 2. The first-order valence-electron chi connectivity index (χ1n) is 24.4. The summed E-state index contributed by atoms with van der Waals surface area (Å²) in [5, 5.41) is 34.4. The van der Waals surface area contributed by atoms with Crippen LogP contribution in [0.2, 0.25) is 0 Å². The van der Waals surface area contributed by atoms with Crippen LogP contribution in [0.1, 0.15) is 16.7 Å². The summed E-state index contributed by atoms with van der Waals surface area (Å²) in [7, 11) is 0. The van der Waals surface area contributed by atoms with Crippen molar-refractivity contribution in [2.45, 2.75) is 0 Å². The smallest absolute Gasteiger partial charge is 0.187 e. The Labute approximate surface area is 437 Å². The van der Waals surface area contributed by atoms with Crippen LogP contribution in [0.3, 0.4) is 0 Å². The molecule has 6 nitrogen and oxygen atoms in total. The summed E-state index contributed by atoms with van der Waals surface area (Å²) in [5.41, 5.74) is 10.7. The molecule has 0 aromatic heterocycles. The highest BCUT2D eigenvalue weighted by atomic mass is 19.1. The van der Waals surface area contributed by atoms with Crippen LogP contribution in [0.15, 0.2) is 231 Å². The van der Waals surface area contributed by atoms with Gasteiger partial charge in [-0.3, -0.25) is 0 Å². The third-order valence-electron chi connectivity index (χ3n) is 14.0. The standard InChI is InChI=1S/C68H38F2N6/c1-74-54-30-24-49(25-31-54)60-37-53(47-20-14-44(41-72)15-21-47)39-62(70)68(60)76(56-10-6-3-7-11-56)64-35-29-51-26-32-57-63(34-28-50-27-33-58(64)66(51)65(50)57)75(55-8-4-2-5-9-55)67-59(48-22-16-45(42-73)17-23-48)36-52(38-61(67)69)46-18-12-43(40-71)13-19-46/h2-39H. The molecule has 0 radical (unpaired) electrons. The Morgan fingerprint density at radius 1 is 0.368 bits per heavy atom. The molecule has 0 spiro atoms. The summed E-state index contributed by atoms with van der Waals surface area (Å²) in [6.45, 7) is 7.67. The van der Waals surface area contributed by atoms with Gasteiger partial charge in [0.15, 0.2) is 5.69 Å². The maximum atomic E-state index is 17.8. The van der Waals surface area contributed by atoms with E-state index in [1.165, 1.54) is 12.1 Å². The fourth-order valence-electron chi connectivity index (χ4n) is 10.4. The second kappa shape index (κ2) is 19.3. The van der Waals surface area contributed by atoms with E-state index in [0.29, 0.717) is 84.2 Å². The highest BCUT2D eigenvalue weighted by Gasteiger charge is 2.28. The van der Waals surface area contributed by atoms with Gasteiger partial charge in [0, 0.05) is 33.3 Å². The van der Waals surface area contributed by atoms with E-state index in [1.54, 1.807) is 48.5 Å². The largest absolute Gasteiger partial charge is 0.307 e. The summed E-state index contributed by atoms with van der Waals surface area (Å²) >= 11 is 0. The summed E-state index contributed by atoms with van der Waals surface area (Å²) in [6, 6.07) is 77.9. The quantitative estimate of drug-likeness (QED) is 0.101. The van der Waals surface area contributed by atoms with Crippen LogP contribution in [0.5, 0.6) is 0 Å². The van der Waals surface area contributed by atoms with Crippen molar-refractivity contribution in [1.82, 2.24) is 0 Å². The molecule has 0 amide bonds. The van der Waals surface area contributed by atoms with Crippen molar-refractivity contribution in [3.63, 3.8) is 0 Å². The zero-order chi connectivity index (χ0) is 51.9. The number of hydrogen-bond donors (Lipinski definition) is 0. The molecule has 0 saturated carbocycles. The number of rotatable bonds is 10. The van der Waals surface area contributed by atoms with Gasteiger partial charge in [-0.05, 0) is 152 Å². The average Bonchev–Trinajstić information content (AvgIpc) is 3.48. The zero-order valence-electron chi connectivity index (χ0n) is 40.4. The minimum atomic E-state index is -0.483. The molecule has 12 aromatic rings. The number of hydrogen-bond acceptors (Lipinski definition) is 5. The summed E-state index contributed by atoms with van der Waals surface area (Å²) in [6.07, 6.45) is 0. The van der Waals surface area contributed by atoms with Crippen LogP contribution in [-0.2, 0) is 0 Å². The molecular formula is C68H38F2N6. The average molecular weight is 977 g/mol. The number of benzene rings is 12. The van der Waals surface area contributed by atoms with E-state index in [0.717, 1.165) is 49.1 Å². The van der Waals surface area contributed by atoms with Crippen molar-refractivity contribution < 1.29 is 8.78 Å². The van der Waals surface area contributed by atoms with E-state index in [2.05, 4.69) is 59.5 Å². The summed E-state index contributed by atoms with van der Waals surface area (Å²) in [5.74, 6) is -0.963. The molecule has 0 atom stereocenters. The van der Waals surface area contributed by atoms with Gasteiger partial charge in [-0.2, -0.15) is 15.8 Å². The maximum absolute atomic E-state index is 17.8. The predicted molar refractivity (Wildman–Crippen MR) is 302 cm³/mol. The lowest BCUT2D eigenvalue weighted by Crippen LogP contribution is -2.14. The fourth-order valence-corrected chi connectivity index (χ4v) is 10.4. The SMILES string of the molecule is [C-]#[N+]c1ccc(-c2cc(-c3ccc(C#N)cc3)cc(F)c2N(c2ccccc2)c2ccc3ccc4c(N(c5ccccc5)c5c(F)cc(-c6ccc(C#N)cc6)cc5-c5ccc(C#N)cc5)ccc5ccc2c3c54)cc1. The Bertz CT molecular complexity index is 4090. The first-order chi connectivity index (χ1) is 37.3. The molecule has 0 saturated heterocycles. The van der Waals surface area contributed by atoms with Gasteiger partial charge in [0.2, 0.25) is 0 Å². The Morgan fingerprint density at radius 2 is 0.724 bits per heavy atom. The molecule has 8 heteroatoms. The molecule has 0 aliphatic heterocycles. The van der Waals surface area contributed by atoms with Gasteiger partial charge in [0.25, 0.3) is 0 Å². The number of nitriles is 3. The van der Waals surface area contributed by atoms with Crippen molar-refractivity contribution in [3.05, 3.63) is 270 Å². The number of anilines is 6. The van der Waals surface area contributed by atoms with Crippen molar-refractivity contribution in [2.75, 3.05) is 9.80 Å². The third-order valence-corrected chi connectivity index (χ3v) is 14.0. The molecule has 0 fully saturated rings. The first kappa shape index (κ1) is 46.2. The summed E-state index contributed by atoms with van der Waals surface area (Å²) in [4.78, 5) is 7.56. The monoisotopic (exact) mass is 976 g/mol. The lowest BCUT2D eigenvalue weighted by Gasteiger charge is -2.31. The Hall–Kier alpha value is -10.9. The Morgan fingerprint density at radius 3 is 1.09 bits per heavy atom. The molecule has 0 N–H and O–H groups in total. The van der Waals surface area contributed by atoms with Gasteiger partial charge in [-0.25, -0.2) is 13.6 Å². The van der Waals surface area contributed by atoms with Crippen LogP contribution in [0.25, 0.3) is 81.7 Å². The van der Waals surface area contributed by atoms with Crippen molar-refractivity contribution in [3.8, 4) is 62.7 Å². The topological polar surface area (TPSA) is 82.2 Å². The van der Waals surface area contributed by atoms with Crippen molar-refractivity contribution >= 4 is 72.1 Å². The fraction of sp³-hybridized carbons (Fsp3) is 0. The number of nitrogens with zero attached hydrogens (tertiary/aromatic N) is 6. The Kier molecular flexibility index (Phi) is 11.7. The van der Waals surface area contributed by atoms with E-state index in [1.807, 2.05) is 143 Å². The van der Waals surface area contributed by atoms with Crippen LogP contribution in [0, 0.1) is 52.2 Å². The van der Waals surface area contributed by atoms with Crippen LogP contribution < -0.4 is 9.80 Å². The van der Waals surface area contributed by atoms with Crippen LogP contribution in [0.4, 0.5) is 48.6 Å². The van der Waals surface area contributed by atoms with Gasteiger partial charge < -0.3 is 9.80 Å². The first-order valence-corrected chi connectivity index (χ1v) is 24.4. The minimum absolute atomic E-state index is 0.302. The van der Waals surface area contributed by atoms with E-state index in [9.17, 15) is 15.8 Å². The molecule has 0 bridgehead atoms. The lowest BCUT2D eigenvalue weighted by atomic mass is 9.90. The maximum Gasteiger partial charge on any atom is 0.187 e. The van der Waals surface area contributed by atoms with E-state index < -0.39 is 11.6 Å². The highest BCUT2D eigenvalue weighted by molar-refractivity contribution is 6.28. The molecule has 0 heterocycles. The zero-order valence-corrected chi connectivity index (χ0v) is 40.4. The van der Waals surface area contributed by atoms with Gasteiger partial charge in [-0.15, -0.1) is 0 Å². The van der Waals surface area contributed by atoms with Gasteiger partial charge in [0.05, 0.1) is 64.2 Å². The van der Waals surface area contributed by atoms with Gasteiger partial charge in [0.1, 0.15) is 11.6 Å². The molecular weight excluding hydrogens is 939 g/mol. The number of para-hydroxylation sites is 2. The van der Waals surface area contributed by atoms with Crippen molar-refractivity contribution in [2.24, 2.45) is 0 Å². The molecule has 0 aliphatic carbocycles. The highest BCUT2D eigenvalue weighted by Crippen LogP contribution is 2.52. The molecule has 354 valence electrons. The normalized spacial score (nSPS) is 11.0. The van der Waals surface area contributed by atoms with E-state index >= 15 is 8.78 Å².